The standard InChI is InChI=1S/C17H30N4O4/c1-3-18-16(25)20-17(7-5-6-8-17)15(24)19-12-9-13(10-12)21(4-2)11-14(22)23/h12-13H,3-11H2,1-2H3,(H,19,24)(H,22,23)(H2,18,20,25). The van der Waals surface area contributed by atoms with Crippen molar-refractivity contribution < 1.29 is 19.5 Å². The Labute approximate surface area is 148 Å². The molecule has 0 unspecified atom stereocenters. The molecule has 2 fully saturated rings. The van der Waals surface area contributed by atoms with Gasteiger partial charge in [-0.25, -0.2) is 4.79 Å². The van der Waals surface area contributed by atoms with Crippen LogP contribution in [0.15, 0.2) is 0 Å². The fraction of sp³-hybridized carbons (Fsp3) is 0.824. The van der Waals surface area contributed by atoms with Crippen molar-refractivity contribution in [3.8, 4) is 0 Å². The molecule has 0 bridgehead atoms. The van der Waals surface area contributed by atoms with Crippen LogP contribution in [0.4, 0.5) is 4.79 Å². The van der Waals surface area contributed by atoms with Crippen molar-refractivity contribution in [1.82, 2.24) is 20.9 Å². The highest BCUT2D eigenvalue weighted by atomic mass is 16.4. The van der Waals surface area contributed by atoms with E-state index < -0.39 is 11.5 Å². The summed E-state index contributed by atoms with van der Waals surface area (Å²) < 4.78 is 0. The molecule has 0 spiro atoms. The van der Waals surface area contributed by atoms with Crippen molar-refractivity contribution in [3.05, 3.63) is 0 Å². The third kappa shape index (κ3) is 4.84. The minimum Gasteiger partial charge on any atom is -0.480 e. The lowest BCUT2D eigenvalue weighted by molar-refractivity contribution is -0.140. The van der Waals surface area contributed by atoms with E-state index in [0.717, 1.165) is 25.7 Å². The number of urea groups is 1. The van der Waals surface area contributed by atoms with E-state index in [1.54, 1.807) is 0 Å². The van der Waals surface area contributed by atoms with Gasteiger partial charge in [-0.05, 0) is 39.2 Å². The molecule has 0 aromatic carbocycles. The molecule has 0 atom stereocenters. The maximum Gasteiger partial charge on any atom is 0.317 e. The van der Waals surface area contributed by atoms with Crippen molar-refractivity contribution in [2.45, 2.75) is 70.0 Å². The summed E-state index contributed by atoms with van der Waals surface area (Å²) in [5.41, 5.74) is -0.810. The number of likely N-dealkylation sites (N-methyl/N-ethyl adjacent to an activating group) is 1. The highest BCUT2D eigenvalue weighted by molar-refractivity contribution is 5.91. The van der Waals surface area contributed by atoms with Gasteiger partial charge in [0.05, 0.1) is 6.54 Å². The van der Waals surface area contributed by atoms with Crippen LogP contribution in [-0.4, -0.2) is 65.2 Å². The van der Waals surface area contributed by atoms with Gasteiger partial charge >= 0.3 is 12.0 Å². The number of nitrogens with zero attached hydrogens (tertiary/aromatic N) is 1. The van der Waals surface area contributed by atoms with Crippen molar-refractivity contribution in [2.75, 3.05) is 19.6 Å². The zero-order chi connectivity index (χ0) is 18.4. The molecule has 0 radical (unpaired) electrons. The fourth-order valence-electron chi connectivity index (χ4n) is 3.81. The first-order chi connectivity index (χ1) is 11.9. The first-order valence-corrected chi connectivity index (χ1v) is 9.23. The Morgan fingerprint density at radius 2 is 1.80 bits per heavy atom. The molecule has 2 aliphatic carbocycles. The van der Waals surface area contributed by atoms with Gasteiger partial charge in [0.1, 0.15) is 5.54 Å². The number of carboxylic acid groups (broad SMARTS) is 1. The summed E-state index contributed by atoms with van der Waals surface area (Å²) in [6.45, 7) is 5.01. The lowest BCUT2D eigenvalue weighted by Crippen LogP contribution is -2.63. The lowest BCUT2D eigenvalue weighted by Gasteiger charge is -2.43. The van der Waals surface area contributed by atoms with Crippen LogP contribution in [0.3, 0.4) is 0 Å². The summed E-state index contributed by atoms with van der Waals surface area (Å²) in [7, 11) is 0. The van der Waals surface area contributed by atoms with Gasteiger partial charge in [-0.2, -0.15) is 0 Å². The highest BCUT2D eigenvalue weighted by Crippen LogP contribution is 2.32. The quantitative estimate of drug-likeness (QED) is 0.512. The number of rotatable bonds is 8. The van der Waals surface area contributed by atoms with Crippen LogP contribution in [0, 0.1) is 0 Å². The number of carbonyl (C=O) groups excluding carboxylic acids is 2. The van der Waals surface area contributed by atoms with Crippen LogP contribution in [0.2, 0.25) is 0 Å². The molecule has 8 nitrogen and oxygen atoms in total. The highest BCUT2D eigenvalue weighted by Gasteiger charge is 2.44. The van der Waals surface area contributed by atoms with Gasteiger partial charge in [0.25, 0.3) is 0 Å². The Kier molecular flexibility index (Phi) is 6.64. The van der Waals surface area contributed by atoms with Crippen LogP contribution in [0.5, 0.6) is 0 Å². The maximum atomic E-state index is 12.8. The smallest absolute Gasteiger partial charge is 0.317 e. The first kappa shape index (κ1) is 19.5. The summed E-state index contributed by atoms with van der Waals surface area (Å²) >= 11 is 0. The van der Waals surface area contributed by atoms with Gasteiger partial charge < -0.3 is 21.1 Å². The number of hydrogen-bond donors (Lipinski definition) is 4. The molecule has 142 valence electrons. The average molecular weight is 354 g/mol. The number of nitrogens with one attached hydrogen (secondary N) is 3. The Morgan fingerprint density at radius 1 is 1.16 bits per heavy atom. The molecule has 0 saturated heterocycles. The molecule has 2 rings (SSSR count). The largest absolute Gasteiger partial charge is 0.480 e. The number of aliphatic carboxylic acids is 1. The molecule has 8 heteroatoms. The second-order valence-corrected chi connectivity index (χ2v) is 7.03. The molecule has 25 heavy (non-hydrogen) atoms. The maximum absolute atomic E-state index is 12.8. The molecule has 0 heterocycles. The molecule has 4 N–H and O–H groups in total. The normalized spacial score (nSPS) is 24.4. The summed E-state index contributed by atoms with van der Waals surface area (Å²) in [5, 5.41) is 17.6. The second kappa shape index (κ2) is 8.51. The third-order valence-electron chi connectivity index (χ3n) is 5.29. The van der Waals surface area contributed by atoms with Crippen LogP contribution >= 0.6 is 0 Å². The summed E-state index contributed by atoms with van der Waals surface area (Å²) in [4.78, 5) is 37.5. The van der Waals surface area contributed by atoms with Gasteiger partial charge in [-0.1, -0.05) is 19.8 Å². The zero-order valence-electron chi connectivity index (χ0n) is 15.1. The molecule has 0 aromatic rings. The molecule has 3 amide bonds. The molecule has 2 saturated carbocycles. The van der Waals surface area contributed by atoms with Crippen molar-refractivity contribution in [3.63, 3.8) is 0 Å². The van der Waals surface area contributed by atoms with Gasteiger partial charge in [0.15, 0.2) is 0 Å². The third-order valence-corrected chi connectivity index (χ3v) is 5.29. The molecule has 0 aliphatic heterocycles. The van der Waals surface area contributed by atoms with E-state index in [4.69, 9.17) is 5.11 Å². The van der Waals surface area contributed by atoms with Crippen molar-refractivity contribution in [2.24, 2.45) is 0 Å². The summed E-state index contributed by atoms with van der Waals surface area (Å²) in [6, 6.07) is -0.0548. The van der Waals surface area contributed by atoms with Crippen LogP contribution < -0.4 is 16.0 Å². The minimum atomic E-state index is -0.828. The Morgan fingerprint density at radius 3 is 2.32 bits per heavy atom. The molecule has 2 aliphatic rings. The Bertz CT molecular complexity index is 499. The van der Waals surface area contributed by atoms with E-state index in [-0.39, 0.29) is 30.6 Å². The summed E-state index contributed by atoms with van der Waals surface area (Å²) in [5.74, 6) is -0.939. The van der Waals surface area contributed by atoms with Crippen LogP contribution in [-0.2, 0) is 9.59 Å². The van der Waals surface area contributed by atoms with Crippen LogP contribution in [0.1, 0.15) is 52.4 Å². The SMILES string of the molecule is CCNC(=O)NC1(C(=O)NC2CC(N(CC)CC(=O)O)C2)CCCC1. The molecular formula is C17H30N4O4. The molecular weight excluding hydrogens is 324 g/mol. The monoisotopic (exact) mass is 354 g/mol. The lowest BCUT2D eigenvalue weighted by atomic mass is 9.84. The van der Waals surface area contributed by atoms with Gasteiger partial charge in [0.2, 0.25) is 5.91 Å². The number of amides is 3. The number of carboxylic acids is 1. The summed E-state index contributed by atoms with van der Waals surface area (Å²) in [6.07, 6.45) is 4.68. The second-order valence-electron chi connectivity index (χ2n) is 7.03. The Balaban J connectivity index is 1.86. The van der Waals surface area contributed by atoms with E-state index in [0.29, 0.717) is 25.9 Å². The van der Waals surface area contributed by atoms with E-state index in [9.17, 15) is 14.4 Å². The first-order valence-electron chi connectivity index (χ1n) is 9.23. The van der Waals surface area contributed by atoms with Crippen molar-refractivity contribution in [1.29, 1.82) is 0 Å². The predicted molar refractivity (Wildman–Crippen MR) is 93.2 cm³/mol. The fourth-order valence-corrected chi connectivity index (χ4v) is 3.81. The van der Waals surface area contributed by atoms with E-state index >= 15 is 0 Å². The topological polar surface area (TPSA) is 111 Å². The van der Waals surface area contributed by atoms with E-state index in [1.807, 2.05) is 18.7 Å². The van der Waals surface area contributed by atoms with E-state index in [1.165, 1.54) is 0 Å². The van der Waals surface area contributed by atoms with Gasteiger partial charge in [-0.15, -0.1) is 0 Å². The van der Waals surface area contributed by atoms with Crippen LogP contribution in [0.25, 0.3) is 0 Å². The van der Waals surface area contributed by atoms with Gasteiger partial charge in [0, 0.05) is 18.6 Å². The van der Waals surface area contributed by atoms with E-state index in [2.05, 4.69) is 16.0 Å². The molecule has 0 aromatic heterocycles. The zero-order valence-corrected chi connectivity index (χ0v) is 15.1. The predicted octanol–water partition coefficient (Wildman–Crippen LogP) is 0.672. The number of carbonyl (C=O) groups is 3. The van der Waals surface area contributed by atoms with Crippen molar-refractivity contribution >= 4 is 17.9 Å². The average Bonchev–Trinajstić information content (AvgIpc) is 2.98. The number of hydrogen-bond acceptors (Lipinski definition) is 4. The minimum absolute atomic E-state index is 0.0323. The Hall–Kier alpha value is -1.83. The van der Waals surface area contributed by atoms with Gasteiger partial charge in [-0.3, -0.25) is 14.5 Å².